The van der Waals surface area contributed by atoms with Gasteiger partial charge in [0.1, 0.15) is 0 Å². The van der Waals surface area contributed by atoms with E-state index in [1.807, 2.05) is 11.8 Å². The van der Waals surface area contributed by atoms with E-state index in [4.69, 9.17) is 0 Å². The zero-order chi connectivity index (χ0) is 8.10. The van der Waals surface area contributed by atoms with Crippen molar-refractivity contribution >= 4 is 23.1 Å². The number of hydrogen-bond acceptors (Lipinski definition) is 2. The standard InChI is InChI=1S/C9H12S2/c1-3-5-8(2)11-9-6-4-7-10-9/h3-8H,1-2H3/b5-3+. The van der Waals surface area contributed by atoms with Gasteiger partial charge in [-0.1, -0.05) is 18.2 Å². The van der Waals surface area contributed by atoms with Gasteiger partial charge in [-0.15, -0.1) is 23.1 Å². The summed E-state index contributed by atoms with van der Waals surface area (Å²) in [6.07, 6.45) is 4.32. The van der Waals surface area contributed by atoms with Crippen molar-refractivity contribution in [1.82, 2.24) is 0 Å². The Morgan fingerprint density at radius 1 is 1.64 bits per heavy atom. The molecule has 1 aromatic rings. The lowest BCUT2D eigenvalue weighted by molar-refractivity contribution is 1.24. The molecule has 0 bridgehead atoms. The summed E-state index contributed by atoms with van der Waals surface area (Å²) in [6, 6.07) is 4.25. The first-order chi connectivity index (χ1) is 5.33. The van der Waals surface area contributed by atoms with Crippen LogP contribution in [0, 0.1) is 0 Å². The summed E-state index contributed by atoms with van der Waals surface area (Å²) in [4.78, 5) is 0. The first-order valence-electron chi connectivity index (χ1n) is 3.66. The second-order valence-electron chi connectivity index (χ2n) is 2.28. The number of thiophene rings is 1. The SMILES string of the molecule is C/C=C/C(C)Sc1cccs1. The molecule has 0 amide bonds. The topological polar surface area (TPSA) is 0 Å². The van der Waals surface area contributed by atoms with Crippen molar-refractivity contribution in [2.45, 2.75) is 23.3 Å². The summed E-state index contributed by atoms with van der Waals surface area (Å²) >= 11 is 3.71. The fourth-order valence-corrected chi connectivity index (χ4v) is 2.88. The van der Waals surface area contributed by atoms with Crippen LogP contribution in [-0.2, 0) is 0 Å². The molecule has 0 spiro atoms. The van der Waals surface area contributed by atoms with E-state index in [1.54, 1.807) is 11.3 Å². The first-order valence-corrected chi connectivity index (χ1v) is 5.42. The Hall–Kier alpha value is -0.210. The number of hydrogen-bond donors (Lipinski definition) is 0. The molecule has 1 atom stereocenters. The van der Waals surface area contributed by atoms with E-state index in [2.05, 4.69) is 43.5 Å². The summed E-state index contributed by atoms with van der Waals surface area (Å²) in [6.45, 7) is 4.27. The normalized spacial score (nSPS) is 14.0. The quantitative estimate of drug-likeness (QED) is 0.508. The van der Waals surface area contributed by atoms with Gasteiger partial charge in [-0.05, 0) is 25.3 Å². The van der Waals surface area contributed by atoms with E-state index >= 15 is 0 Å². The molecule has 0 fully saturated rings. The minimum Gasteiger partial charge on any atom is -0.137 e. The Kier molecular flexibility index (Phi) is 3.73. The van der Waals surface area contributed by atoms with E-state index < -0.39 is 0 Å². The summed E-state index contributed by atoms with van der Waals surface area (Å²) < 4.78 is 1.40. The van der Waals surface area contributed by atoms with E-state index in [9.17, 15) is 0 Å². The van der Waals surface area contributed by atoms with Gasteiger partial charge in [0.15, 0.2) is 0 Å². The Labute approximate surface area is 76.3 Å². The molecule has 1 rings (SSSR count). The molecule has 0 saturated carbocycles. The lowest BCUT2D eigenvalue weighted by Crippen LogP contribution is -1.86. The lowest BCUT2D eigenvalue weighted by Gasteiger charge is -2.01. The fourth-order valence-electron chi connectivity index (χ4n) is 0.824. The maximum atomic E-state index is 2.21. The van der Waals surface area contributed by atoms with E-state index in [0.29, 0.717) is 5.25 Å². The highest BCUT2D eigenvalue weighted by atomic mass is 32.2. The van der Waals surface area contributed by atoms with Crippen molar-refractivity contribution in [3.63, 3.8) is 0 Å². The van der Waals surface area contributed by atoms with Crippen molar-refractivity contribution in [1.29, 1.82) is 0 Å². The number of allylic oxidation sites excluding steroid dienone is 1. The maximum Gasteiger partial charge on any atom is 0.0604 e. The Morgan fingerprint density at radius 3 is 3.00 bits per heavy atom. The number of rotatable bonds is 3. The van der Waals surface area contributed by atoms with Crippen LogP contribution in [0.3, 0.4) is 0 Å². The molecule has 0 N–H and O–H groups in total. The molecule has 1 heterocycles. The molecule has 0 aliphatic heterocycles. The molecule has 60 valence electrons. The van der Waals surface area contributed by atoms with Crippen LogP contribution in [0.4, 0.5) is 0 Å². The van der Waals surface area contributed by atoms with Crippen LogP contribution in [0.25, 0.3) is 0 Å². The summed E-state index contributed by atoms with van der Waals surface area (Å²) in [5.74, 6) is 0. The van der Waals surface area contributed by atoms with Crippen LogP contribution in [-0.4, -0.2) is 5.25 Å². The summed E-state index contributed by atoms with van der Waals surface area (Å²) in [5, 5.41) is 2.71. The van der Waals surface area contributed by atoms with E-state index in [0.717, 1.165) is 0 Å². The van der Waals surface area contributed by atoms with Crippen LogP contribution in [0.2, 0.25) is 0 Å². The highest BCUT2D eigenvalue weighted by Gasteiger charge is 1.99. The lowest BCUT2D eigenvalue weighted by atomic mass is 10.4. The van der Waals surface area contributed by atoms with Crippen LogP contribution in [0.1, 0.15) is 13.8 Å². The molecule has 0 nitrogen and oxygen atoms in total. The summed E-state index contributed by atoms with van der Waals surface area (Å²) in [5.41, 5.74) is 0. The third-order valence-corrected chi connectivity index (χ3v) is 3.40. The third-order valence-electron chi connectivity index (χ3n) is 1.26. The van der Waals surface area contributed by atoms with Gasteiger partial charge in [0, 0.05) is 5.25 Å². The number of thioether (sulfide) groups is 1. The van der Waals surface area contributed by atoms with Crippen LogP contribution < -0.4 is 0 Å². The van der Waals surface area contributed by atoms with E-state index in [1.165, 1.54) is 4.21 Å². The van der Waals surface area contributed by atoms with Gasteiger partial charge in [-0.2, -0.15) is 0 Å². The van der Waals surface area contributed by atoms with Crippen molar-refractivity contribution in [2.24, 2.45) is 0 Å². The predicted molar refractivity (Wildman–Crippen MR) is 54.5 cm³/mol. The largest absolute Gasteiger partial charge is 0.137 e. The Bertz CT molecular complexity index is 211. The predicted octanol–water partition coefficient (Wildman–Crippen LogP) is 3.80. The molecule has 1 unspecified atom stereocenters. The molecule has 0 saturated heterocycles. The van der Waals surface area contributed by atoms with Crippen molar-refractivity contribution in [3.05, 3.63) is 29.7 Å². The van der Waals surface area contributed by atoms with Gasteiger partial charge in [0.25, 0.3) is 0 Å². The monoisotopic (exact) mass is 184 g/mol. The van der Waals surface area contributed by atoms with Gasteiger partial charge in [0.05, 0.1) is 4.21 Å². The molecule has 0 aliphatic carbocycles. The Morgan fingerprint density at radius 2 is 2.45 bits per heavy atom. The molecule has 0 radical (unpaired) electrons. The van der Waals surface area contributed by atoms with Gasteiger partial charge in [-0.3, -0.25) is 0 Å². The van der Waals surface area contributed by atoms with Crippen LogP contribution in [0.15, 0.2) is 33.9 Å². The van der Waals surface area contributed by atoms with Gasteiger partial charge in [-0.25, -0.2) is 0 Å². The van der Waals surface area contributed by atoms with Crippen LogP contribution in [0.5, 0.6) is 0 Å². The maximum absolute atomic E-state index is 2.21. The highest BCUT2D eigenvalue weighted by molar-refractivity contribution is 8.01. The smallest absolute Gasteiger partial charge is 0.0604 e. The second-order valence-corrected chi connectivity index (χ2v) is 4.91. The van der Waals surface area contributed by atoms with Crippen LogP contribution >= 0.6 is 23.1 Å². The highest BCUT2D eigenvalue weighted by Crippen LogP contribution is 2.27. The second kappa shape index (κ2) is 4.62. The fraction of sp³-hybridized carbons (Fsp3) is 0.333. The van der Waals surface area contributed by atoms with Crippen molar-refractivity contribution in [2.75, 3.05) is 0 Å². The third kappa shape index (κ3) is 3.12. The first kappa shape index (κ1) is 8.88. The summed E-state index contributed by atoms with van der Waals surface area (Å²) in [7, 11) is 0. The van der Waals surface area contributed by atoms with Gasteiger partial charge in [0.2, 0.25) is 0 Å². The van der Waals surface area contributed by atoms with E-state index in [-0.39, 0.29) is 0 Å². The zero-order valence-corrected chi connectivity index (χ0v) is 8.41. The molecular weight excluding hydrogens is 172 g/mol. The van der Waals surface area contributed by atoms with Crippen molar-refractivity contribution < 1.29 is 0 Å². The Balaban J connectivity index is 2.43. The molecular formula is C9H12S2. The van der Waals surface area contributed by atoms with Gasteiger partial charge < -0.3 is 0 Å². The molecule has 2 heteroatoms. The molecule has 0 aliphatic rings. The van der Waals surface area contributed by atoms with Gasteiger partial charge >= 0.3 is 0 Å². The zero-order valence-electron chi connectivity index (χ0n) is 6.78. The molecule has 1 aromatic heterocycles. The molecule has 11 heavy (non-hydrogen) atoms. The minimum absolute atomic E-state index is 0.596. The van der Waals surface area contributed by atoms with Crippen molar-refractivity contribution in [3.8, 4) is 0 Å². The molecule has 0 aromatic carbocycles. The average Bonchev–Trinajstić information content (AvgIpc) is 2.40. The minimum atomic E-state index is 0.596. The average molecular weight is 184 g/mol.